The number of fused-ring (bicyclic) bond motifs is 8. The van der Waals surface area contributed by atoms with Gasteiger partial charge in [0.05, 0.1) is 68.7 Å². The largest absolute Gasteiger partial charge is 0.790 e. The number of hydrogen-bond acceptors (Lipinski definition) is 29. The number of allylic oxidation sites excluding steroid dienone is 6. The molecule has 8 bridgehead atoms. The van der Waals surface area contributed by atoms with Gasteiger partial charge in [0, 0.05) is 131 Å². The number of benzene rings is 1. The number of aliphatic hydroxyl groups is 3. The van der Waals surface area contributed by atoms with E-state index in [1.165, 1.54) is 42.1 Å². The number of ether oxygens (including phenoxy) is 3. The van der Waals surface area contributed by atoms with E-state index in [9.17, 15) is 72.7 Å². The van der Waals surface area contributed by atoms with Gasteiger partial charge in [-0.15, -0.1) is 0 Å². The van der Waals surface area contributed by atoms with Crippen molar-refractivity contribution < 1.29 is 117 Å². The van der Waals surface area contributed by atoms with Crippen LogP contribution in [0.4, 0.5) is 5.82 Å². The average Bonchev–Trinajstić information content (AvgIpc) is 1.52. The Hall–Kier alpha value is -8.31. The van der Waals surface area contributed by atoms with Crippen molar-refractivity contribution in [1.82, 2.24) is 34.4 Å². The number of nitrogens with two attached hydrogens (primary N) is 7. The quantitative estimate of drug-likeness (QED) is 0.0253. The molecule has 1 unspecified atom stereocenters. The minimum atomic E-state index is -5.68. The summed E-state index contributed by atoms with van der Waals surface area (Å²) in [6, 6.07) is 2.17. The number of imidazole rings is 2. The van der Waals surface area contributed by atoms with Gasteiger partial charge in [-0.05, 0) is 107 Å². The molecule has 0 spiro atoms. The smallest absolute Gasteiger partial charge is 0.268 e. The van der Waals surface area contributed by atoms with Crippen LogP contribution in [0.5, 0.6) is 5.75 Å². The summed E-state index contributed by atoms with van der Waals surface area (Å²) in [5, 5.41) is 39.4. The fourth-order valence-corrected chi connectivity index (χ4v) is 19.0. The van der Waals surface area contributed by atoms with E-state index in [0.717, 1.165) is 0 Å². The Labute approximate surface area is 667 Å². The van der Waals surface area contributed by atoms with E-state index in [1.807, 2.05) is 27.7 Å². The van der Waals surface area contributed by atoms with Crippen LogP contribution in [0.1, 0.15) is 151 Å². The number of rotatable bonds is 30. The number of phosphoric acid groups is 2. The first-order chi connectivity index (χ1) is 52.6. The number of phosphoric ester groups is 2. The molecular weight excluding hydrogens is 1570 g/mol. The maximum Gasteiger partial charge on any atom is 0.268 e. The fraction of sp³-hybridized carbons (Fsp3) is 0.597. The second kappa shape index (κ2) is 34.1. The van der Waals surface area contributed by atoms with Crippen LogP contribution < -0.4 is 64.9 Å². The molecule has 1 radical (unpaired) electrons. The van der Waals surface area contributed by atoms with E-state index >= 15 is 0 Å². The second-order valence-electron chi connectivity index (χ2n) is 31.6. The Kier molecular flexibility index (Phi) is 26.8. The fourth-order valence-electron chi connectivity index (χ4n) is 17.6. The molecule has 114 heavy (non-hydrogen) atoms. The van der Waals surface area contributed by atoms with Gasteiger partial charge >= 0.3 is 0 Å². The van der Waals surface area contributed by atoms with Gasteiger partial charge in [0.25, 0.3) is 7.82 Å². The minimum absolute atomic E-state index is 0. The SMILES string of the molecule is COc1cc2ncn([C@H]3O[C@H](COP(=O)([O-])[O-])[C@@H](OP(=O)([O-])O[C@H](C)CNC(=O)CC[C@@]4(C)/C5=C(\C)C6=N/C(=C\C7=NC(=C(/C)C8=N[C@@](C)([C@H]([N-]5)[C@@H]4CC(N)=O)[C@@](C)(CC(N)=O)[C@@H]8CCC(N)=O)/[C@@](C)(CC(N)=O)[C@@H]7CCC(N)=O)C(C)(C)[C@@H]6CCC(N)=O)[C@H]3O)c2cc1C.[CH2-][C@H]1O[C@@H](n2cnc3c(N)ncnc32)[C@H](O)[C@@H]1O.[Co]. The minimum Gasteiger partial charge on any atom is -0.790 e. The maximum atomic E-state index is 14.4. The summed E-state index contributed by atoms with van der Waals surface area (Å²) in [6.07, 6.45) is -7.65. The third kappa shape index (κ3) is 17.8. The predicted molar refractivity (Wildman–Crippen MR) is 401 cm³/mol. The van der Waals surface area contributed by atoms with E-state index in [1.54, 1.807) is 52.8 Å². The normalized spacial score (nSPS) is 32.7. The molecule has 19 atom stereocenters. The van der Waals surface area contributed by atoms with E-state index in [2.05, 4.69) is 36.7 Å². The molecule has 10 heterocycles. The predicted octanol–water partition coefficient (Wildman–Crippen LogP) is 0.728. The van der Waals surface area contributed by atoms with Gasteiger partial charge in [-0.2, -0.15) is 5.70 Å². The Balaban J connectivity index is 0.000000680. The van der Waals surface area contributed by atoms with Crippen LogP contribution in [0.25, 0.3) is 27.5 Å². The number of primary amides is 6. The van der Waals surface area contributed by atoms with Crippen LogP contribution in [0.2, 0.25) is 0 Å². The van der Waals surface area contributed by atoms with Crippen LogP contribution in [-0.4, -0.2) is 177 Å². The number of aliphatic imine (C=N–C) groups is 3. The van der Waals surface area contributed by atoms with Crippen molar-refractivity contribution in [2.45, 2.75) is 207 Å². The molecule has 18 N–H and O–H groups in total. The molecule has 7 amide bonds. The Morgan fingerprint density at radius 3 is 1.94 bits per heavy atom. The number of carbonyl (C=O) groups is 7. The molecule has 4 aromatic rings. The van der Waals surface area contributed by atoms with Gasteiger partial charge in [0.1, 0.15) is 42.0 Å². The second-order valence-corrected chi connectivity index (χ2v) is 34.0. The number of aliphatic hydroxyl groups excluding tert-OH is 3. The van der Waals surface area contributed by atoms with Crippen LogP contribution >= 0.6 is 15.6 Å². The summed E-state index contributed by atoms with van der Waals surface area (Å²) < 4.78 is 60.1. The Bertz CT molecular complexity index is 4750. The van der Waals surface area contributed by atoms with Crippen molar-refractivity contribution in [2.24, 2.45) is 94.7 Å². The standard InChI is InChI=1S/C62H91N13O18P2.C10H12N5O3.Co/c1-29-20-39-38(22-40(29)89-11)70-28-75(39)57-52(83)53(41(91-57)27-90-94(84,85)86)93-95(87,88)92-30(2)26-69-49(82)18-19-59(7)36(21-46(66)79)56-62(10)61(9,25-48(68)81)35(14-17-45(65)78)51(74-62)32(4)55-60(8,24-47(67)80)33(12-15-43(63)76)37(71-55)23-42-58(5,6)34(13-16-44(64)77)50(72-42)31(3)54(59)73-56;1-4-6(16)7(17)10(18-4)15-3-14-5-8(11)12-2-13-9(5)15;/h20,22-23,28,30,33-36,41,52-53,56-57,83H,12-19,21,24-27H2,1-11H3,(H17,63,64,65,66,67,68,69,71,72,73,74,76,77,78,79,80,81,82,84,85,86,87,88);2-4,6-7,10,16-17H,1H2,(H2,11,12,13);/q;-1;/p-4/t30-,33-,34-,35-,36+,41-,52-,53-,56-,57+,59-,60+,61+,62+;4-,6-,7-,10-;/m11./s1. The van der Waals surface area contributed by atoms with Crippen LogP contribution in [0, 0.1) is 59.2 Å². The number of aryl methyl sites for hydroxylation is 1. The van der Waals surface area contributed by atoms with Crippen molar-refractivity contribution in [1.29, 1.82) is 0 Å². The van der Waals surface area contributed by atoms with Gasteiger partial charge in [-0.25, -0.2) is 19.9 Å². The zero-order valence-corrected chi connectivity index (χ0v) is 67.7. The molecule has 0 aliphatic carbocycles. The van der Waals surface area contributed by atoms with Crippen LogP contribution in [-0.2, 0) is 82.5 Å². The summed E-state index contributed by atoms with van der Waals surface area (Å²) in [5.74, 6) is -7.04. The number of hydrogen-bond donors (Lipinski definition) is 11. The molecule has 0 saturated carbocycles. The Morgan fingerprint density at radius 2 is 1.35 bits per heavy atom. The van der Waals surface area contributed by atoms with Crippen LogP contribution in [0.3, 0.4) is 0 Å². The average molecular weight is 1670 g/mol. The van der Waals surface area contributed by atoms with E-state index < -0.39 is 182 Å². The van der Waals surface area contributed by atoms with Crippen molar-refractivity contribution in [3.8, 4) is 5.75 Å². The summed E-state index contributed by atoms with van der Waals surface area (Å²) >= 11 is 0. The van der Waals surface area contributed by atoms with Crippen LogP contribution in [0.15, 0.2) is 80.4 Å². The van der Waals surface area contributed by atoms with Gasteiger partial charge in [0.2, 0.25) is 41.4 Å². The first kappa shape index (κ1) is 89.6. The molecular formula is C72H99CoN18O21P2-5. The summed E-state index contributed by atoms with van der Waals surface area (Å²) in [7, 11) is -9.77. The summed E-state index contributed by atoms with van der Waals surface area (Å²) in [6.45, 7) is 19.7. The topological polar surface area (TPSA) is 646 Å². The maximum absolute atomic E-state index is 14.4. The Morgan fingerprint density at radius 1 is 0.737 bits per heavy atom. The molecule has 42 heteroatoms. The third-order valence-electron chi connectivity index (χ3n) is 23.6. The number of nitrogens with one attached hydrogen (secondary N) is 1. The molecule has 1 aromatic carbocycles. The molecule has 3 saturated heterocycles. The van der Waals surface area contributed by atoms with Gasteiger partial charge in [-0.3, -0.25) is 57.7 Å². The van der Waals surface area contributed by atoms with Crippen molar-refractivity contribution >= 4 is 102 Å². The molecule has 627 valence electrons. The molecule has 7 aliphatic heterocycles. The number of anilines is 1. The number of nitrogen functional groups attached to an aromatic ring is 1. The first-order valence-corrected chi connectivity index (χ1v) is 39.6. The molecule has 39 nitrogen and oxygen atoms in total. The van der Waals surface area contributed by atoms with Gasteiger partial charge in [-0.1, -0.05) is 40.7 Å². The number of nitrogens with zero attached hydrogens (tertiary/aromatic N) is 10. The molecule has 11 rings (SSSR count). The van der Waals surface area contributed by atoms with Gasteiger partial charge in [0.15, 0.2) is 23.9 Å². The zero-order valence-electron chi connectivity index (χ0n) is 64.9. The number of amides is 7. The zero-order chi connectivity index (χ0) is 83.5. The number of carbonyl (C=O) groups excluding carboxylic acids is 7. The van der Waals surface area contributed by atoms with Gasteiger partial charge < -0.3 is 125 Å². The van der Waals surface area contributed by atoms with Crippen molar-refractivity contribution in [3.63, 3.8) is 0 Å². The van der Waals surface area contributed by atoms with Crippen molar-refractivity contribution in [2.75, 3.05) is 26.0 Å². The van der Waals surface area contributed by atoms with E-state index in [4.69, 9.17) is 83.7 Å². The molecule has 3 aromatic heterocycles. The monoisotopic (exact) mass is 1670 g/mol. The summed E-state index contributed by atoms with van der Waals surface area (Å²) in [5.41, 5.74) is 41.0. The van der Waals surface area contributed by atoms with E-state index in [-0.39, 0.29) is 93.2 Å². The van der Waals surface area contributed by atoms with Crippen molar-refractivity contribution in [3.05, 3.63) is 83.2 Å². The molecule has 3 fully saturated rings. The third-order valence-corrected chi connectivity index (χ3v) is 25.2. The number of aromatic nitrogens is 6. The molecule has 7 aliphatic rings. The number of methoxy groups -OCH3 is 1. The summed E-state index contributed by atoms with van der Waals surface area (Å²) in [4.78, 5) is 163. The first-order valence-electron chi connectivity index (χ1n) is 36.7. The van der Waals surface area contributed by atoms with E-state index in [0.29, 0.717) is 78.9 Å².